The molecule has 0 bridgehead atoms. The summed E-state index contributed by atoms with van der Waals surface area (Å²) in [6.45, 7) is 0. The number of aromatic nitrogens is 3. The van der Waals surface area contributed by atoms with Crippen molar-refractivity contribution in [3.8, 4) is 11.8 Å². The number of nitrogens with two attached hydrogens (primary N) is 1. The van der Waals surface area contributed by atoms with Gasteiger partial charge in [0.2, 0.25) is 27.7 Å². The monoisotopic (exact) mass is 339 g/mol. The maximum atomic E-state index is 12.2. The summed E-state index contributed by atoms with van der Waals surface area (Å²) in [6, 6.07) is 3.93. The van der Waals surface area contributed by atoms with Crippen LogP contribution in [0.15, 0.2) is 29.3 Å². The van der Waals surface area contributed by atoms with Crippen molar-refractivity contribution in [3.63, 3.8) is 0 Å². The number of anilines is 1. The predicted molar refractivity (Wildman–Crippen MR) is 78.7 cm³/mol. The van der Waals surface area contributed by atoms with Gasteiger partial charge in [-0.25, -0.2) is 18.5 Å². The Morgan fingerprint density at radius 1 is 1.22 bits per heavy atom. The summed E-state index contributed by atoms with van der Waals surface area (Å²) in [5.74, 6) is -0.679. The normalized spacial score (nSPS) is 10.9. The molecule has 0 aliphatic carbocycles. The molecule has 0 saturated carbocycles. The lowest BCUT2D eigenvalue weighted by molar-refractivity contribution is 0.101. The molecule has 11 heteroatoms. The highest BCUT2D eigenvalue weighted by molar-refractivity contribution is 7.89. The van der Waals surface area contributed by atoms with Gasteiger partial charge >= 0.3 is 0 Å². The van der Waals surface area contributed by atoms with Crippen LogP contribution in [0.2, 0.25) is 0 Å². The molecule has 1 amide bonds. The Morgan fingerprint density at radius 2 is 1.83 bits per heavy atom. The molecule has 0 atom stereocenters. The fraction of sp³-hybridized carbons (Fsp3) is 0.167. The molecule has 2 aromatic heterocycles. The van der Waals surface area contributed by atoms with Crippen molar-refractivity contribution in [1.29, 1.82) is 0 Å². The van der Waals surface area contributed by atoms with E-state index in [4.69, 9.17) is 14.6 Å². The van der Waals surface area contributed by atoms with Gasteiger partial charge in [0.15, 0.2) is 0 Å². The van der Waals surface area contributed by atoms with Crippen molar-refractivity contribution in [2.75, 3.05) is 19.5 Å². The maximum absolute atomic E-state index is 12.2. The minimum atomic E-state index is -4.11. The fourth-order valence-electron chi connectivity index (χ4n) is 1.62. The largest absolute Gasteiger partial charge is 0.481 e. The Labute approximate surface area is 131 Å². The van der Waals surface area contributed by atoms with Crippen LogP contribution in [-0.4, -0.2) is 43.5 Å². The van der Waals surface area contributed by atoms with Gasteiger partial charge in [0, 0.05) is 6.20 Å². The smallest absolute Gasteiger partial charge is 0.278 e. The van der Waals surface area contributed by atoms with E-state index < -0.39 is 20.8 Å². The first-order chi connectivity index (χ1) is 10.8. The number of hydrogen-bond donors (Lipinski definition) is 2. The first-order valence-electron chi connectivity index (χ1n) is 6.11. The van der Waals surface area contributed by atoms with E-state index in [1.807, 2.05) is 0 Å². The second-order valence-corrected chi connectivity index (χ2v) is 5.66. The number of hydrogen-bond acceptors (Lipinski definition) is 8. The van der Waals surface area contributed by atoms with Crippen LogP contribution in [-0.2, 0) is 10.0 Å². The third-order valence-electron chi connectivity index (χ3n) is 2.62. The highest BCUT2D eigenvalue weighted by Crippen LogP contribution is 2.18. The van der Waals surface area contributed by atoms with Gasteiger partial charge in [-0.1, -0.05) is 0 Å². The number of nitrogens with zero attached hydrogens (tertiary/aromatic N) is 3. The summed E-state index contributed by atoms with van der Waals surface area (Å²) < 4.78 is 32.9. The van der Waals surface area contributed by atoms with Crippen molar-refractivity contribution >= 4 is 21.9 Å². The molecule has 10 nitrogen and oxygen atoms in total. The minimum absolute atomic E-state index is 0.141. The van der Waals surface area contributed by atoms with Crippen molar-refractivity contribution in [2.45, 2.75) is 4.90 Å². The van der Waals surface area contributed by atoms with E-state index in [0.29, 0.717) is 0 Å². The molecule has 2 rings (SSSR count). The van der Waals surface area contributed by atoms with Gasteiger partial charge in [-0.15, -0.1) is 0 Å². The van der Waals surface area contributed by atoms with Gasteiger partial charge in [-0.05, 0) is 12.1 Å². The first kappa shape index (κ1) is 16.6. The Morgan fingerprint density at radius 3 is 2.35 bits per heavy atom. The number of pyridine rings is 1. The maximum Gasteiger partial charge on any atom is 0.278 e. The molecule has 23 heavy (non-hydrogen) atoms. The van der Waals surface area contributed by atoms with Gasteiger partial charge < -0.3 is 9.47 Å². The van der Waals surface area contributed by atoms with Crippen LogP contribution in [0.4, 0.5) is 5.95 Å². The van der Waals surface area contributed by atoms with E-state index in [0.717, 1.165) is 0 Å². The molecule has 0 aliphatic heterocycles. The highest BCUT2D eigenvalue weighted by atomic mass is 32.2. The second-order valence-electron chi connectivity index (χ2n) is 4.13. The number of rotatable bonds is 5. The third kappa shape index (κ3) is 3.90. The minimum Gasteiger partial charge on any atom is -0.481 e. The average molecular weight is 339 g/mol. The topological polar surface area (TPSA) is 146 Å². The number of carbonyl (C=O) groups excluding carboxylic acids is 1. The Kier molecular flexibility index (Phi) is 4.71. The molecule has 2 heterocycles. The summed E-state index contributed by atoms with van der Waals surface area (Å²) in [5.41, 5.74) is -0.375. The van der Waals surface area contributed by atoms with Crippen molar-refractivity contribution in [2.24, 2.45) is 5.14 Å². The number of primary sulfonamides is 1. The Balaban J connectivity index is 2.37. The molecule has 0 saturated heterocycles. The van der Waals surface area contributed by atoms with E-state index in [-0.39, 0.29) is 23.4 Å². The first-order valence-corrected chi connectivity index (χ1v) is 7.66. The summed E-state index contributed by atoms with van der Waals surface area (Å²) >= 11 is 0. The molecule has 0 unspecified atom stereocenters. The van der Waals surface area contributed by atoms with Gasteiger partial charge in [0.25, 0.3) is 5.91 Å². The molecule has 0 aromatic carbocycles. The molecule has 0 aliphatic rings. The molecular weight excluding hydrogens is 326 g/mol. The summed E-state index contributed by atoms with van der Waals surface area (Å²) in [6.07, 6.45) is 1.26. The second kappa shape index (κ2) is 6.54. The molecule has 2 aromatic rings. The molecule has 122 valence electrons. The van der Waals surface area contributed by atoms with Gasteiger partial charge in [0.1, 0.15) is 10.6 Å². The zero-order chi connectivity index (χ0) is 17.0. The van der Waals surface area contributed by atoms with Crippen LogP contribution >= 0.6 is 0 Å². The Bertz CT molecular complexity index is 817. The lowest BCUT2D eigenvalue weighted by atomic mass is 10.3. The fourth-order valence-corrected chi connectivity index (χ4v) is 2.30. The number of amides is 1. The quantitative estimate of drug-likeness (QED) is 0.760. The molecule has 0 fully saturated rings. The van der Waals surface area contributed by atoms with Gasteiger partial charge in [-0.3, -0.25) is 10.1 Å². The molecule has 0 spiro atoms. The average Bonchev–Trinajstić information content (AvgIpc) is 2.53. The third-order valence-corrected chi connectivity index (χ3v) is 3.56. The van der Waals surface area contributed by atoms with E-state index >= 15 is 0 Å². The van der Waals surface area contributed by atoms with Crippen LogP contribution in [0.3, 0.4) is 0 Å². The number of methoxy groups -OCH3 is 2. The lowest BCUT2D eigenvalue weighted by Gasteiger charge is -2.09. The van der Waals surface area contributed by atoms with E-state index in [9.17, 15) is 13.2 Å². The Hall–Kier alpha value is -2.79. The summed E-state index contributed by atoms with van der Waals surface area (Å²) in [7, 11) is -1.35. The van der Waals surface area contributed by atoms with Gasteiger partial charge in [0.05, 0.1) is 20.3 Å². The zero-order valence-corrected chi connectivity index (χ0v) is 13.0. The standard InChI is InChI=1S/C12H13N5O5S/c1-21-8-6-9(22-2)16-12(15-8)17-11(18)10-7(23(13,19)20)4-3-5-14-10/h3-6H,1-2H3,(H2,13,19,20)(H,15,16,17,18). The van der Waals surface area contributed by atoms with Crippen LogP contribution in [0.25, 0.3) is 0 Å². The van der Waals surface area contributed by atoms with Crippen molar-refractivity contribution in [1.82, 2.24) is 15.0 Å². The van der Waals surface area contributed by atoms with E-state index in [1.54, 1.807) is 0 Å². The van der Waals surface area contributed by atoms with E-state index in [2.05, 4.69) is 20.3 Å². The molecule has 3 N–H and O–H groups in total. The number of ether oxygens (including phenoxy) is 2. The zero-order valence-electron chi connectivity index (χ0n) is 12.2. The summed E-state index contributed by atoms with van der Waals surface area (Å²) in [5, 5.41) is 7.38. The SMILES string of the molecule is COc1cc(OC)nc(NC(=O)c2ncccc2S(N)(=O)=O)n1. The van der Waals surface area contributed by atoms with Gasteiger partial charge in [-0.2, -0.15) is 9.97 Å². The van der Waals surface area contributed by atoms with Crippen LogP contribution in [0.1, 0.15) is 10.5 Å². The highest BCUT2D eigenvalue weighted by Gasteiger charge is 2.21. The number of sulfonamides is 1. The summed E-state index contributed by atoms with van der Waals surface area (Å²) in [4.78, 5) is 23.4. The van der Waals surface area contributed by atoms with Crippen molar-refractivity contribution < 1.29 is 22.7 Å². The lowest BCUT2D eigenvalue weighted by Crippen LogP contribution is -2.22. The van der Waals surface area contributed by atoms with Crippen LogP contribution < -0.4 is 19.9 Å². The molecular formula is C12H13N5O5S. The molecule has 0 radical (unpaired) electrons. The van der Waals surface area contributed by atoms with Crippen LogP contribution in [0.5, 0.6) is 11.8 Å². The predicted octanol–water partition coefficient (Wildman–Crippen LogP) is -0.211. The number of nitrogens with one attached hydrogen (secondary N) is 1. The number of carbonyl (C=O) groups is 1. The van der Waals surface area contributed by atoms with E-state index in [1.165, 1.54) is 38.6 Å². The van der Waals surface area contributed by atoms with Crippen molar-refractivity contribution in [3.05, 3.63) is 30.1 Å². The van der Waals surface area contributed by atoms with Crippen LogP contribution in [0, 0.1) is 0 Å².